The molecular formula is C19H12Cl2N2O3. The number of amides is 1. The van der Waals surface area contributed by atoms with Gasteiger partial charge in [-0.2, -0.15) is 0 Å². The number of hydrogen-bond acceptors (Lipinski definition) is 3. The topological polar surface area (TPSA) is 79.3 Å². The van der Waals surface area contributed by atoms with Crippen molar-refractivity contribution in [1.82, 2.24) is 4.98 Å². The number of aromatic carboxylic acids is 1. The standard InChI is InChI=1S/C19H12Cl2N2O3/c20-11-5-6-14(13-3-1-2-4-15(13)19(25)26)16(9-11)18(24)23-12-7-8-22-17(21)10-12/h1-10H,(H,25,26)(H,22,23,24). The van der Waals surface area contributed by atoms with Crippen LogP contribution < -0.4 is 5.32 Å². The highest BCUT2D eigenvalue weighted by Crippen LogP contribution is 2.30. The maximum absolute atomic E-state index is 12.8. The summed E-state index contributed by atoms with van der Waals surface area (Å²) >= 11 is 11.9. The zero-order valence-electron chi connectivity index (χ0n) is 13.2. The lowest BCUT2D eigenvalue weighted by atomic mass is 9.95. The summed E-state index contributed by atoms with van der Waals surface area (Å²) in [6, 6.07) is 14.3. The van der Waals surface area contributed by atoms with E-state index in [-0.39, 0.29) is 16.3 Å². The highest BCUT2D eigenvalue weighted by molar-refractivity contribution is 6.31. The van der Waals surface area contributed by atoms with Crippen molar-refractivity contribution < 1.29 is 14.7 Å². The number of nitrogens with one attached hydrogen (secondary N) is 1. The maximum atomic E-state index is 12.8. The van der Waals surface area contributed by atoms with Crippen molar-refractivity contribution in [3.05, 3.63) is 82.1 Å². The molecule has 0 saturated heterocycles. The SMILES string of the molecule is O=C(O)c1ccccc1-c1ccc(Cl)cc1C(=O)Nc1ccnc(Cl)c1. The number of carbonyl (C=O) groups excluding carboxylic acids is 1. The van der Waals surface area contributed by atoms with E-state index in [0.29, 0.717) is 21.8 Å². The number of nitrogens with zero attached hydrogens (tertiary/aromatic N) is 1. The second-order valence-corrected chi connectivity index (χ2v) is 6.19. The molecule has 3 rings (SSSR count). The van der Waals surface area contributed by atoms with Crippen molar-refractivity contribution in [1.29, 1.82) is 0 Å². The van der Waals surface area contributed by atoms with Crippen LogP contribution >= 0.6 is 23.2 Å². The average molecular weight is 387 g/mol. The summed E-state index contributed by atoms with van der Waals surface area (Å²) < 4.78 is 0. The van der Waals surface area contributed by atoms with Crippen molar-refractivity contribution in [2.45, 2.75) is 0 Å². The molecule has 0 fully saturated rings. The molecule has 1 aromatic heterocycles. The summed E-state index contributed by atoms with van der Waals surface area (Å²) in [5.41, 5.74) is 1.70. The summed E-state index contributed by atoms with van der Waals surface area (Å²) in [5.74, 6) is -1.52. The van der Waals surface area contributed by atoms with Crippen LogP contribution in [0.15, 0.2) is 60.8 Å². The van der Waals surface area contributed by atoms with E-state index in [1.54, 1.807) is 36.4 Å². The number of pyridine rings is 1. The maximum Gasteiger partial charge on any atom is 0.336 e. The van der Waals surface area contributed by atoms with Crippen LogP contribution in [0.2, 0.25) is 10.2 Å². The molecule has 26 heavy (non-hydrogen) atoms. The summed E-state index contributed by atoms with van der Waals surface area (Å²) in [5, 5.41) is 12.7. The molecule has 0 unspecified atom stereocenters. The first kappa shape index (κ1) is 17.9. The van der Waals surface area contributed by atoms with Crippen molar-refractivity contribution in [3.63, 3.8) is 0 Å². The molecule has 0 spiro atoms. The number of hydrogen-bond donors (Lipinski definition) is 2. The molecule has 0 aliphatic heterocycles. The Kier molecular flexibility index (Phi) is 5.21. The van der Waals surface area contributed by atoms with Crippen LogP contribution in [0.25, 0.3) is 11.1 Å². The van der Waals surface area contributed by atoms with Crippen LogP contribution in [-0.2, 0) is 0 Å². The molecule has 0 aliphatic rings. The van der Waals surface area contributed by atoms with E-state index < -0.39 is 11.9 Å². The lowest BCUT2D eigenvalue weighted by Crippen LogP contribution is -2.14. The molecule has 0 radical (unpaired) electrons. The Morgan fingerprint density at radius 1 is 0.923 bits per heavy atom. The van der Waals surface area contributed by atoms with E-state index in [4.69, 9.17) is 23.2 Å². The summed E-state index contributed by atoms with van der Waals surface area (Å²) in [4.78, 5) is 28.2. The Balaban J connectivity index is 2.07. The van der Waals surface area contributed by atoms with Crippen LogP contribution in [0.1, 0.15) is 20.7 Å². The van der Waals surface area contributed by atoms with E-state index in [1.807, 2.05) is 0 Å². The Bertz CT molecular complexity index is 1010. The van der Waals surface area contributed by atoms with Crippen molar-refractivity contribution in [2.75, 3.05) is 5.32 Å². The Labute approximate surface area is 159 Å². The van der Waals surface area contributed by atoms with E-state index in [2.05, 4.69) is 10.3 Å². The van der Waals surface area contributed by atoms with Gasteiger partial charge in [-0.3, -0.25) is 4.79 Å². The smallest absolute Gasteiger partial charge is 0.336 e. The fourth-order valence-electron chi connectivity index (χ4n) is 2.52. The number of anilines is 1. The van der Waals surface area contributed by atoms with Crippen molar-refractivity contribution in [2.24, 2.45) is 0 Å². The Morgan fingerprint density at radius 3 is 2.38 bits per heavy atom. The van der Waals surface area contributed by atoms with Gasteiger partial charge in [0.2, 0.25) is 0 Å². The number of carboxylic acid groups (broad SMARTS) is 1. The van der Waals surface area contributed by atoms with Gasteiger partial charge in [0.05, 0.1) is 5.56 Å². The van der Waals surface area contributed by atoms with Gasteiger partial charge in [-0.15, -0.1) is 0 Å². The first-order chi connectivity index (χ1) is 12.5. The van der Waals surface area contributed by atoms with Gasteiger partial charge in [0.15, 0.2) is 0 Å². The van der Waals surface area contributed by atoms with Crippen LogP contribution in [0.3, 0.4) is 0 Å². The van der Waals surface area contributed by atoms with Gasteiger partial charge in [0, 0.05) is 22.5 Å². The lowest BCUT2D eigenvalue weighted by molar-refractivity contribution is 0.0697. The van der Waals surface area contributed by atoms with Crippen LogP contribution in [0.4, 0.5) is 5.69 Å². The largest absolute Gasteiger partial charge is 0.478 e. The van der Waals surface area contributed by atoms with Gasteiger partial charge in [-0.05, 0) is 41.5 Å². The number of halogens is 2. The van der Waals surface area contributed by atoms with E-state index in [0.717, 1.165) is 0 Å². The molecular weight excluding hydrogens is 375 g/mol. The Hall–Kier alpha value is -2.89. The molecule has 2 aromatic carbocycles. The first-order valence-corrected chi connectivity index (χ1v) is 8.26. The number of rotatable bonds is 4. The predicted molar refractivity (Wildman–Crippen MR) is 101 cm³/mol. The second kappa shape index (κ2) is 7.56. The van der Waals surface area contributed by atoms with Crippen molar-refractivity contribution >= 4 is 40.8 Å². The zero-order valence-corrected chi connectivity index (χ0v) is 14.8. The van der Waals surface area contributed by atoms with Crippen LogP contribution in [-0.4, -0.2) is 22.0 Å². The third-order valence-electron chi connectivity index (χ3n) is 3.66. The minimum absolute atomic E-state index is 0.0934. The highest BCUT2D eigenvalue weighted by atomic mass is 35.5. The quantitative estimate of drug-likeness (QED) is 0.617. The van der Waals surface area contributed by atoms with Gasteiger partial charge in [0.1, 0.15) is 5.15 Å². The van der Waals surface area contributed by atoms with Gasteiger partial charge in [-0.25, -0.2) is 9.78 Å². The predicted octanol–water partition coefficient (Wildman–Crippen LogP) is 5.01. The average Bonchev–Trinajstić information content (AvgIpc) is 2.61. The molecule has 7 heteroatoms. The summed E-state index contributed by atoms with van der Waals surface area (Å²) in [6.45, 7) is 0. The van der Waals surface area contributed by atoms with Gasteiger partial charge >= 0.3 is 5.97 Å². The lowest BCUT2D eigenvalue weighted by Gasteiger charge is -2.13. The van der Waals surface area contributed by atoms with Crippen molar-refractivity contribution in [3.8, 4) is 11.1 Å². The third-order valence-corrected chi connectivity index (χ3v) is 4.10. The normalized spacial score (nSPS) is 10.4. The molecule has 2 N–H and O–H groups in total. The zero-order chi connectivity index (χ0) is 18.7. The summed E-state index contributed by atoms with van der Waals surface area (Å²) in [6.07, 6.45) is 1.47. The molecule has 5 nitrogen and oxygen atoms in total. The molecule has 0 atom stereocenters. The second-order valence-electron chi connectivity index (χ2n) is 5.36. The number of benzene rings is 2. The molecule has 0 aliphatic carbocycles. The molecule has 0 bridgehead atoms. The highest BCUT2D eigenvalue weighted by Gasteiger charge is 2.18. The number of carboxylic acids is 1. The van der Waals surface area contributed by atoms with Gasteiger partial charge in [0.25, 0.3) is 5.91 Å². The Morgan fingerprint density at radius 2 is 1.65 bits per heavy atom. The third kappa shape index (κ3) is 3.85. The van der Waals surface area contributed by atoms with Gasteiger partial charge < -0.3 is 10.4 Å². The molecule has 0 saturated carbocycles. The number of carbonyl (C=O) groups is 2. The van der Waals surface area contributed by atoms with Crippen LogP contribution in [0.5, 0.6) is 0 Å². The fraction of sp³-hybridized carbons (Fsp3) is 0. The monoisotopic (exact) mass is 386 g/mol. The minimum atomic E-state index is -1.08. The fourth-order valence-corrected chi connectivity index (χ4v) is 2.87. The van der Waals surface area contributed by atoms with E-state index >= 15 is 0 Å². The minimum Gasteiger partial charge on any atom is -0.478 e. The van der Waals surface area contributed by atoms with Gasteiger partial charge in [-0.1, -0.05) is 47.5 Å². The van der Waals surface area contributed by atoms with E-state index in [9.17, 15) is 14.7 Å². The molecule has 1 heterocycles. The number of aromatic nitrogens is 1. The first-order valence-electron chi connectivity index (χ1n) is 7.51. The summed E-state index contributed by atoms with van der Waals surface area (Å²) in [7, 11) is 0. The molecule has 1 amide bonds. The van der Waals surface area contributed by atoms with E-state index in [1.165, 1.54) is 24.4 Å². The molecule has 3 aromatic rings. The van der Waals surface area contributed by atoms with Crippen LogP contribution in [0, 0.1) is 0 Å². The molecule has 130 valence electrons.